The van der Waals surface area contributed by atoms with Crippen molar-refractivity contribution in [3.05, 3.63) is 59.4 Å². The van der Waals surface area contributed by atoms with E-state index in [1.807, 2.05) is 12.1 Å². The monoisotopic (exact) mass is 280 g/mol. The Labute approximate surface area is 123 Å². The maximum atomic E-state index is 12.1. The zero-order chi connectivity index (χ0) is 15.1. The number of aliphatic hydroxyl groups is 1. The number of hydrogen-bond donors (Lipinski definition) is 2. The van der Waals surface area contributed by atoms with Crippen molar-refractivity contribution in [2.75, 3.05) is 11.9 Å². The van der Waals surface area contributed by atoms with Crippen molar-refractivity contribution in [1.82, 2.24) is 4.98 Å². The molecule has 4 heteroatoms. The lowest BCUT2D eigenvalue weighted by Crippen LogP contribution is -2.13. The van der Waals surface area contributed by atoms with Gasteiger partial charge in [-0.3, -0.25) is 9.78 Å². The van der Waals surface area contributed by atoms with Gasteiger partial charge in [0.2, 0.25) is 0 Å². The fraction of sp³-hybridized carbons (Fsp3) is 0.176. The molecule has 0 fully saturated rings. The number of carbonyl (C=O) groups excluding carboxylic acids is 1. The van der Waals surface area contributed by atoms with Crippen molar-refractivity contribution in [3.8, 4) is 11.8 Å². The van der Waals surface area contributed by atoms with E-state index in [0.29, 0.717) is 23.4 Å². The van der Waals surface area contributed by atoms with Gasteiger partial charge in [0.15, 0.2) is 0 Å². The minimum absolute atomic E-state index is 0.0611. The summed E-state index contributed by atoms with van der Waals surface area (Å²) in [7, 11) is 0. The third-order valence-electron chi connectivity index (χ3n) is 2.86. The van der Waals surface area contributed by atoms with E-state index in [1.54, 1.807) is 37.4 Å². The van der Waals surface area contributed by atoms with Crippen LogP contribution in [0.1, 0.15) is 28.0 Å². The molecule has 0 radical (unpaired) electrons. The second kappa shape index (κ2) is 7.22. The average molecular weight is 280 g/mol. The number of benzene rings is 1. The number of pyridine rings is 1. The van der Waals surface area contributed by atoms with E-state index in [-0.39, 0.29) is 12.5 Å². The lowest BCUT2D eigenvalue weighted by atomic mass is 10.1. The van der Waals surface area contributed by atoms with Crippen LogP contribution in [-0.4, -0.2) is 22.6 Å². The molecule has 2 N–H and O–H groups in total. The molecule has 1 heterocycles. The summed E-state index contributed by atoms with van der Waals surface area (Å²) in [5, 5.41) is 11.5. The number of carbonyl (C=O) groups is 1. The second-order valence-electron chi connectivity index (χ2n) is 4.44. The Morgan fingerprint density at radius 3 is 2.71 bits per heavy atom. The third-order valence-corrected chi connectivity index (χ3v) is 2.86. The topological polar surface area (TPSA) is 62.2 Å². The highest BCUT2D eigenvalue weighted by Crippen LogP contribution is 2.12. The molecule has 0 aliphatic rings. The lowest BCUT2D eigenvalue weighted by molar-refractivity contribution is 0.102. The summed E-state index contributed by atoms with van der Waals surface area (Å²) in [4.78, 5) is 16.2. The molecule has 2 aromatic rings. The zero-order valence-corrected chi connectivity index (χ0v) is 11.8. The number of amides is 1. The molecule has 0 unspecified atom stereocenters. The van der Waals surface area contributed by atoms with E-state index in [2.05, 4.69) is 22.1 Å². The van der Waals surface area contributed by atoms with Crippen LogP contribution in [0.25, 0.3) is 0 Å². The van der Waals surface area contributed by atoms with Crippen LogP contribution in [-0.2, 0) is 0 Å². The molecular weight excluding hydrogens is 264 g/mol. The maximum Gasteiger partial charge on any atom is 0.257 e. The molecule has 0 aliphatic heterocycles. The third kappa shape index (κ3) is 4.16. The normalized spacial score (nSPS) is 9.62. The first-order valence-corrected chi connectivity index (χ1v) is 6.63. The van der Waals surface area contributed by atoms with Crippen LogP contribution in [0.5, 0.6) is 0 Å². The summed E-state index contributed by atoms with van der Waals surface area (Å²) in [5.74, 6) is 5.60. The van der Waals surface area contributed by atoms with E-state index in [1.165, 1.54) is 0 Å². The van der Waals surface area contributed by atoms with Crippen LogP contribution in [0, 0.1) is 18.8 Å². The van der Waals surface area contributed by atoms with Gasteiger partial charge in [0.1, 0.15) is 0 Å². The summed E-state index contributed by atoms with van der Waals surface area (Å²) < 4.78 is 0. The predicted molar refractivity (Wildman–Crippen MR) is 82.0 cm³/mol. The molecule has 1 aromatic carbocycles. The van der Waals surface area contributed by atoms with E-state index >= 15 is 0 Å². The molecule has 0 atom stereocenters. The number of nitrogens with one attached hydrogen (secondary N) is 1. The van der Waals surface area contributed by atoms with Crippen LogP contribution < -0.4 is 5.32 Å². The van der Waals surface area contributed by atoms with Gasteiger partial charge >= 0.3 is 0 Å². The first kappa shape index (κ1) is 14.8. The number of rotatable bonds is 3. The molecule has 21 heavy (non-hydrogen) atoms. The van der Waals surface area contributed by atoms with Gasteiger partial charge in [-0.05, 0) is 43.3 Å². The van der Waals surface area contributed by atoms with E-state index in [4.69, 9.17) is 5.11 Å². The Kier molecular flexibility index (Phi) is 5.08. The van der Waals surface area contributed by atoms with Gasteiger partial charge in [-0.1, -0.05) is 11.8 Å². The molecule has 1 amide bonds. The van der Waals surface area contributed by atoms with Crippen molar-refractivity contribution in [1.29, 1.82) is 0 Å². The predicted octanol–water partition coefficient (Wildman–Crippen LogP) is 2.38. The Hall–Kier alpha value is -2.64. The Morgan fingerprint density at radius 2 is 2.05 bits per heavy atom. The molecule has 0 bridgehead atoms. The van der Waals surface area contributed by atoms with Gasteiger partial charge in [-0.2, -0.15) is 0 Å². The number of nitrogens with zero attached hydrogens (tertiary/aromatic N) is 1. The standard InChI is InChI=1S/C17H16N2O2/c1-13-16(6-4-11-18-13)17(21)19-15-9-7-14(8-10-15)5-2-3-12-20/h4,6-11,20H,3,12H2,1H3,(H,19,21). The van der Waals surface area contributed by atoms with Gasteiger partial charge in [-0.25, -0.2) is 0 Å². The molecular formula is C17H16N2O2. The fourth-order valence-electron chi connectivity index (χ4n) is 1.78. The van der Waals surface area contributed by atoms with Crippen LogP contribution >= 0.6 is 0 Å². The van der Waals surface area contributed by atoms with Gasteiger partial charge in [-0.15, -0.1) is 0 Å². The van der Waals surface area contributed by atoms with Crippen LogP contribution in [0.3, 0.4) is 0 Å². The molecule has 4 nitrogen and oxygen atoms in total. The number of aryl methyl sites for hydroxylation is 1. The zero-order valence-electron chi connectivity index (χ0n) is 11.8. The smallest absolute Gasteiger partial charge is 0.257 e. The first-order valence-electron chi connectivity index (χ1n) is 6.63. The van der Waals surface area contributed by atoms with Crippen molar-refractivity contribution in [2.45, 2.75) is 13.3 Å². The van der Waals surface area contributed by atoms with Gasteiger partial charge in [0.05, 0.1) is 12.2 Å². The number of aromatic nitrogens is 1. The molecule has 0 saturated carbocycles. The Balaban J connectivity index is 2.06. The summed E-state index contributed by atoms with van der Waals surface area (Å²) >= 11 is 0. The Bertz CT molecular complexity index is 682. The number of aliphatic hydroxyl groups excluding tert-OH is 1. The van der Waals surface area contributed by atoms with Crippen LogP contribution in [0.2, 0.25) is 0 Å². The first-order chi connectivity index (χ1) is 10.2. The SMILES string of the molecule is Cc1ncccc1C(=O)Nc1ccc(C#CCCO)cc1. The number of anilines is 1. The lowest BCUT2D eigenvalue weighted by Gasteiger charge is -2.06. The number of hydrogen-bond acceptors (Lipinski definition) is 3. The van der Waals surface area contributed by atoms with Crippen molar-refractivity contribution in [3.63, 3.8) is 0 Å². The summed E-state index contributed by atoms with van der Waals surface area (Å²) in [6, 6.07) is 10.7. The van der Waals surface area contributed by atoms with Crippen molar-refractivity contribution >= 4 is 11.6 Å². The van der Waals surface area contributed by atoms with Crippen LogP contribution in [0.15, 0.2) is 42.6 Å². The Morgan fingerprint density at radius 1 is 1.29 bits per heavy atom. The second-order valence-corrected chi connectivity index (χ2v) is 4.44. The summed E-state index contributed by atoms with van der Waals surface area (Å²) in [6.07, 6.45) is 2.12. The average Bonchev–Trinajstić information content (AvgIpc) is 2.49. The maximum absolute atomic E-state index is 12.1. The molecule has 106 valence electrons. The van der Waals surface area contributed by atoms with E-state index in [9.17, 15) is 4.79 Å². The molecule has 1 aromatic heterocycles. The van der Waals surface area contributed by atoms with Gasteiger partial charge in [0.25, 0.3) is 5.91 Å². The molecule has 2 rings (SSSR count). The highest BCUT2D eigenvalue weighted by Gasteiger charge is 2.09. The van der Waals surface area contributed by atoms with Gasteiger partial charge in [0, 0.05) is 29.6 Å². The molecule has 0 saturated heterocycles. The van der Waals surface area contributed by atoms with E-state index < -0.39 is 0 Å². The summed E-state index contributed by atoms with van der Waals surface area (Å²) in [5.41, 5.74) is 2.81. The summed E-state index contributed by atoms with van der Waals surface area (Å²) in [6.45, 7) is 1.86. The molecule has 0 aliphatic carbocycles. The van der Waals surface area contributed by atoms with E-state index in [0.717, 1.165) is 5.56 Å². The quantitative estimate of drug-likeness (QED) is 0.849. The van der Waals surface area contributed by atoms with Gasteiger partial charge < -0.3 is 10.4 Å². The minimum Gasteiger partial charge on any atom is -0.395 e. The minimum atomic E-state index is -0.181. The fourth-order valence-corrected chi connectivity index (χ4v) is 1.78. The highest BCUT2D eigenvalue weighted by atomic mass is 16.2. The highest BCUT2D eigenvalue weighted by molar-refractivity contribution is 6.04. The largest absolute Gasteiger partial charge is 0.395 e. The van der Waals surface area contributed by atoms with Crippen molar-refractivity contribution in [2.24, 2.45) is 0 Å². The van der Waals surface area contributed by atoms with Crippen molar-refractivity contribution < 1.29 is 9.90 Å². The molecule has 0 spiro atoms. The van der Waals surface area contributed by atoms with Crippen LogP contribution in [0.4, 0.5) is 5.69 Å².